The Hall–Kier alpha value is -2.69. The van der Waals surface area contributed by atoms with Crippen molar-refractivity contribution in [1.29, 1.82) is 0 Å². The van der Waals surface area contributed by atoms with E-state index in [-0.39, 0.29) is 30.1 Å². The molecule has 154 valence electrons. The first-order chi connectivity index (χ1) is 14.2. The van der Waals surface area contributed by atoms with Crippen molar-refractivity contribution in [2.24, 2.45) is 0 Å². The third-order valence-corrected chi connectivity index (χ3v) is 6.02. The number of carbonyl (C=O) groups excluding carboxylic acids is 2. The van der Waals surface area contributed by atoms with E-state index < -0.39 is 17.6 Å². The van der Waals surface area contributed by atoms with E-state index in [0.717, 1.165) is 16.1 Å². The zero-order valence-corrected chi connectivity index (χ0v) is 18.5. The van der Waals surface area contributed by atoms with Crippen molar-refractivity contribution < 1.29 is 24.6 Å². The number of nitrogens with one attached hydrogen (secondary N) is 1. The summed E-state index contributed by atoms with van der Waals surface area (Å²) in [6.07, 6.45) is 1.73. The van der Waals surface area contributed by atoms with E-state index in [1.54, 1.807) is 6.08 Å². The van der Waals surface area contributed by atoms with Gasteiger partial charge >= 0.3 is 5.97 Å². The molecule has 3 N–H and O–H groups in total. The lowest BCUT2D eigenvalue weighted by atomic mass is 10.2. The number of halogens is 1. The lowest BCUT2D eigenvalue weighted by Gasteiger charge is -2.14. The first kappa shape index (κ1) is 22.0. The fraction of sp³-hybridized carbons (Fsp3) is 0.100. The van der Waals surface area contributed by atoms with Gasteiger partial charge in [-0.25, -0.2) is 4.79 Å². The van der Waals surface area contributed by atoms with Gasteiger partial charge in [-0.15, -0.1) is 0 Å². The van der Waals surface area contributed by atoms with Crippen molar-refractivity contribution in [3.63, 3.8) is 0 Å². The Morgan fingerprint density at radius 2 is 1.90 bits per heavy atom. The molecule has 1 saturated heterocycles. The number of phenols is 1. The maximum absolute atomic E-state index is 12.6. The molecule has 0 aliphatic carbocycles. The molecule has 3 rings (SSSR count). The van der Waals surface area contributed by atoms with Crippen molar-refractivity contribution in [2.45, 2.75) is 6.42 Å². The SMILES string of the molecule is O=C(CCN1C(=O)C(=Cc2ccc(Br)cc2)SC1=S)Nc1ccc(C(=O)O)c(O)c1. The molecule has 1 heterocycles. The van der Waals surface area contributed by atoms with Crippen LogP contribution in [0.3, 0.4) is 0 Å². The number of carboxylic acid groups (broad SMARTS) is 1. The van der Waals surface area contributed by atoms with Gasteiger partial charge in [-0.1, -0.05) is 52.0 Å². The molecule has 0 unspecified atom stereocenters. The zero-order valence-electron chi connectivity index (χ0n) is 15.3. The van der Waals surface area contributed by atoms with Crippen molar-refractivity contribution in [3.8, 4) is 5.75 Å². The molecule has 0 saturated carbocycles. The average molecular weight is 507 g/mol. The van der Waals surface area contributed by atoms with E-state index in [1.807, 2.05) is 24.3 Å². The summed E-state index contributed by atoms with van der Waals surface area (Å²) in [5.41, 5.74) is 0.854. The Balaban J connectivity index is 1.60. The van der Waals surface area contributed by atoms with Gasteiger partial charge in [0.2, 0.25) is 5.91 Å². The third-order valence-electron chi connectivity index (χ3n) is 4.12. The van der Waals surface area contributed by atoms with E-state index in [2.05, 4.69) is 21.2 Å². The summed E-state index contributed by atoms with van der Waals surface area (Å²) in [6.45, 7) is 0.105. The van der Waals surface area contributed by atoms with Gasteiger partial charge in [0.15, 0.2) is 0 Å². The van der Waals surface area contributed by atoms with Gasteiger partial charge in [-0.05, 0) is 35.9 Å². The zero-order chi connectivity index (χ0) is 21.8. The molecule has 1 fully saturated rings. The van der Waals surface area contributed by atoms with E-state index in [9.17, 15) is 19.5 Å². The van der Waals surface area contributed by atoms with Gasteiger partial charge in [0, 0.05) is 29.2 Å². The maximum atomic E-state index is 12.6. The van der Waals surface area contributed by atoms with E-state index >= 15 is 0 Å². The minimum Gasteiger partial charge on any atom is -0.507 e. The number of hydrogen-bond donors (Lipinski definition) is 3. The van der Waals surface area contributed by atoms with Gasteiger partial charge in [0.25, 0.3) is 5.91 Å². The second kappa shape index (κ2) is 9.41. The summed E-state index contributed by atoms with van der Waals surface area (Å²) < 4.78 is 1.31. The number of carbonyl (C=O) groups is 3. The van der Waals surface area contributed by atoms with Crippen molar-refractivity contribution in [1.82, 2.24) is 4.90 Å². The first-order valence-corrected chi connectivity index (χ1v) is 10.6. The van der Waals surface area contributed by atoms with Crippen LogP contribution in [0, 0.1) is 0 Å². The first-order valence-electron chi connectivity index (χ1n) is 8.61. The molecule has 0 atom stereocenters. The summed E-state index contributed by atoms with van der Waals surface area (Å²) in [6, 6.07) is 11.2. The number of anilines is 1. The topological polar surface area (TPSA) is 107 Å². The molecule has 1 aliphatic heterocycles. The highest BCUT2D eigenvalue weighted by molar-refractivity contribution is 9.10. The van der Waals surface area contributed by atoms with Crippen molar-refractivity contribution in [2.75, 3.05) is 11.9 Å². The Bertz CT molecular complexity index is 1070. The number of thiocarbonyl (C=S) groups is 1. The predicted octanol–water partition coefficient (Wildman–Crippen LogP) is 4.08. The largest absolute Gasteiger partial charge is 0.507 e. The molecular formula is C20H15BrN2O5S2. The minimum absolute atomic E-state index is 0.0144. The number of amides is 2. The highest BCUT2D eigenvalue weighted by Crippen LogP contribution is 2.33. The Morgan fingerprint density at radius 3 is 2.53 bits per heavy atom. The van der Waals surface area contributed by atoms with E-state index in [1.165, 1.54) is 28.8 Å². The van der Waals surface area contributed by atoms with Crippen LogP contribution < -0.4 is 5.32 Å². The van der Waals surface area contributed by atoms with Crippen LogP contribution in [0.5, 0.6) is 5.75 Å². The molecule has 0 aromatic heterocycles. The third kappa shape index (κ3) is 5.26. The lowest BCUT2D eigenvalue weighted by molar-refractivity contribution is -0.122. The van der Waals surface area contributed by atoms with Crippen LogP contribution in [0.4, 0.5) is 5.69 Å². The summed E-state index contributed by atoms with van der Waals surface area (Å²) >= 11 is 9.81. The molecule has 2 aromatic rings. The molecule has 30 heavy (non-hydrogen) atoms. The summed E-state index contributed by atoms with van der Waals surface area (Å²) in [5, 5.41) is 21.2. The van der Waals surface area contributed by atoms with Gasteiger partial charge < -0.3 is 15.5 Å². The Kier molecular flexibility index (Phi) is 6.91. The van der Waals surface area contributed by atoms with Crippen LogP contribution in [0.15, 0.2) is 51.8 Å². The monoisotopic (exact) mass is 506 g/mol. The molecule has 0 spiro atoms. The van der Waals surface area contributed by atoms with E-state index in [4.69, 9.17) is 17.3 Å². The minimum atomic E-state index is -1.27. The summed E-state index contributed by atoms with van der Waals surface area (Å²) in [4.78, 5) is 37.6. The second-order valence-electron chi connectivity index (χ2n) is 6.22. The van der Waals surface area contributed by atoms with Gasteiger partial charge in [-0.2, -0.15) is 0 Å². The van der Waals surface area contributed by atoms with Crippen molar-refractivity contribution >= 4 is 73.8 Å². The standard InChI is InChI=1S/C20H15BrN2O5S2/c21-12-3-1-11(2-4-12)9-16-18(26)23(20(29)30-16)8-7-17(25)22-13-5-6-14(19(27)28)15(24)10-13/h1-6,9-10,24H,7-8H2,(H,22,25)(H,27,28). The molecule has 7 nitrogen and oxygen atoms in total. The highest BCUT2D eigenvalue weighted by Gasteiger charge is 2.32. The van der Waals surface area contributed by atoms with Crippen molar-refractivity contribution in [3.05, 3.63) is 63.0 Å². The van der Waals surface area contributed by atoms with Crippen LogP contribution in [0.1, 0.15) is 22.3 Å². The lowest BCUT2D eigenvalue weighted by Crippen LogP contribution is -2.31. The number of thioether (sulfide) groups is 1. The summed E-state index contributed by atoms with van der Waals surface area (Å²) in [7, 11) is 0. The molecule has 10 heteroatoms. The average Bonchev–Trinajstić information content (AvgIpc) is 2.94. The number of nitrogens with zero attached hydrogens (tertiary/aromatic N) is 1. The second-order valence-corrected chi connectivity index (χ2v) is 8.81. The molecule has 2 aromatic carbocycles. The Morgan fingerprint density at radius 1 is 1.20 bits per heavy atom. The molecule has 1 aliphatic rings. The predicted molar refractivity (Wildman–Crippen MR) is 122 cm³/mol. The number of rotatable bonds is 6. The number of benzene rings is 2. The number of aromatic carboxylic acids is 1. The number of aromatic hydroxyl groups is 1. The maximum Gasteiger partial charge on any atom is 0.339 e. The normalized spacial score (nSPS) is 15.0. The Labute approximate surface area is 189 Å². The van der Waals surface area contributed by atoms with Gasteiger partial charge in [0.05, 0.1) is 4.91 Å². The molecular weight excluding hydrogens is 492 g/mol. The number of carboxylic acids is 1. The summed E-state index contributed by atoms with van der Waals surface area (Å²) in [5.74, 6) is -2.38. The van der Waals surface area contributed by atoms with Gasteiger partial charge in [-0.3, -0.25) is 14.5 Å². The van der Waals surface area contributed by atoms with Crippen LogP contribution in [-0.2, 0) is 9.59 Å². The molecule has 2 amide bonds. The quantitative estimate of drug-likeness (QED) is 0.400. The van der Waals surface area contributed by atoms with Crippen LogP contribution in [-0.4, -0.2) is 43.8 Å². The molecule has 0 radical (unpaired) electrons. The van der Waals surface area contributed by atoms with Gasteiger partial charge in [0.1, 0.15) is 15.6 Å². The highest BCUT2D eigenvalue weighted by atomic mass is 79.9. The fourth-order valence-corrected chi connectivity index (χ4v) is 4.20. The number of hydrogen-bond acceptors (Lipinski definition) is 6. The van der Waals surface area contributed by atoms with Crippen LogP contribution in [0.25, 0.3) is 6.08 Å². The smallest absolute Gasteiger partial charge is 0.339 e. The fourth-order valence-electron chi connectivity index (χ4n) is 2.63. The van der Waals surface area contributed by atoms with Crippen LogP contribution in [0.2, 0.25) is 0 Å². The van der Waals surface area contributed by atoms with E-state index in [0.29, 0.717) is 9.23 Å². The molecule has 0 bridgehead atoms. The van der Waals surface area contributed by atoms with Crippen LogP contribution >= 0.6 is 39.9 Å².